The van der Waals surface area contributed by atoms with E-state index in [1.165, 1.54) is 25.2 Å². The monoisotopic (exact) mass is 1190 g/mol. The Morgan fingerprint density at radius 1 is 0.824 bits per heavy atom. The Bertz CT molecular complexity index is 2650. The van der Waals surface area contributed by atoms with Crippen molar-refractivity contribution in [3.63, 3.8) is 0 Å². The van der Waals surface area contributed by atoms with E-state index in [4.69, 9.17) is 29.4 Å². The zero-order chi connectivity index (χ0) is 61.8. The number of rotatable bonds is 30. The maximum atomic E-state index is 13.6. The number of nitrogens with one attached hydrogen (secondary N) is 7. The minimum atomic E-state index is -1.06. The molecule has 5 aliphatic rings. The summed E-state index contributed by atoms with van der Waals surface area (Å²) in [6.07, 6.45) is 15.8. The number of urea groups is 1. The Kier molecular flexibility index (Phi) is 25.2. The van der Waals surface area contributed by atoms with E-state index in [1.807, 2.05) is 26.0 Å². The second-order valence-corrected chi connectivity index (χ2v) is 23.4. The SMILES string of the molecule is CC(=O)O[C@@H](C)/C=C\C(=O)N[C@@H]1C[C@H](C)[C@H](C/C=C(C)/C=C/[C@@H]2C[C@]3(CO3)C[C@@H](CC(=O)NC3CC(NC(=O)OCc4ccc(NC(=O)[C@H](CCCNC(N)=O)NC(=O)[C@@H](NC(=O)CCCCCN5C(=O)C=CC5=O)C(C)C)cc4)C3)O2)O[C@@H]1C. The summed E-state index contributed by atoms with van der Waals surface area (Å²) in [5.41, 5.74) is 7.01. The van der Waals surface area contributed by atoms with Crippen molar-refractivity contribution in [3.8, 4) is 0 Å². The Labute approximate surface area is 497 Å². The lowest BCUT2D eigenvalue weighted by molar-refractivity contribution is -0.143. The molecule has 10 amide bonds. The number of amides is 10. The topological polar surface area (TPSA) is 334 Å². The predicted molar refractivity (Wildman–Crippen MR) is 312 cm³/mol. The van der Waals surface area contributed by atoms with Crippen molar-refractivity contribution in [2.45, 2.75) is 205 Å². The van der Waals surface area contributed by atoms with Crippen LogP contribution in [-0.2, 0) is 68.6 Å². The zero-order valence-electron chi connectivity index (χ0n) is 49.9. The fourth-order valence-corrected chi connectivity index (χ4v) is 10.7. The van der Waals surface area contributed by atoms with E-state index in [1.54, 1.807) is 51.1 Å². The summed E-state index contributed by atoms with van der Waals surface area (Å²) in [5.74, 6) is -3.16. The molecule has 1 spiro atoms. The van der Waals surface area contributed by atoms with Crippen LogP contribution in [0.2, 0.25) is 0 Å². The third-order valence-electron chi connectivity index (χ3n) is 15.6. The molecule has 1 aromatic rings. The smallest absolute Gasteiger partial charge is 0.407 e. The molecule has 1 aliphatic carbocycles. The van der Waals surface area contributed by atoms with Crippen LogP contribution in [0.5, 0.6) is 0 Å². The van der Waals surface area contributed by atoms with Gasteiger partial charge in [-0.05, 0) is 108 Å². The number of carbonyl (C=O) groups is 10. The number of epoxide rings is 1. The van der Waals surface area contributed by atoms with Crippen LogP contribution in [0.3, 0.4) is 0 Å². The van der Waals surface area contributed by atoms with E-state index in [-0.39, 0.29) is 128 Å². The molecule has 4 heterocycles. The van der Waals surface area contributed by atoms with E-state index in [2.05, 4.69) is 50.2 Å². The summed E-state index contributed by atoms with van der Waals surface area (Å²) in [6.45, 7) is 13.6. The normalized spacial score (nSPS) is 25.6. The maximum absolute atomic E-state index is 13.6. The minimum Gasteiger partial charge on any atom is -0.459 e. The number of allylic oxidation sites excluding steroid dienone is 2. The first kappa shape index (κ1) is 66.7. The van der Waals surface area contributed by atoms with Crippen molar-refractivity contribution in [1.29, 1.82) is 0 Å². The molecule has 10 atom stereocenters. The molecule has 24 nitrogen and oxygen atoms in total. The largest absolute Gasteiger partial charge is 0.459 e. The number of esters is 1. The van der Waals surface area contributed by atoms with Gasteiger partial charge < -0.3 is 66.6 Å². The van der Waals surface area contributed by atoms with E-state index >= 15 is 0 Å². The molecule has 1 aromatic carbocycles. The van der Waals surface area contributed by atoms with Crippen molar-refractivity contribution in [2.24, 2.45) is 17.6 Å². The summed E-state index contributed by atoms with van der Waals surface area (Å²) >= 11 is 0. The van der Waals surface area contributed by atoms with Gasteiger partial charge in [-0.2, -0.15) is 0 Å². The van der Waals surface area contributed by atoms with Crippen LogP contribution < -0.4 is 43.0 Å². The Hall–Kier alpha value is -7.44. The highest BCUT2D eigenvalue weighted by Gasteiger charge is 2.51. The van der Waals surface area contributed by atoms with Crippen LogP contribution in [0.1, 0.15) is 138 Å². The molecular formula is C61H87N9O15. The Morgan fingerprint density at radius 3 is 2.20 bits per heavy atom. The van der Waals surface area contributed by atoms with Crippen LogP contribution in [0.4, 0.5) is 15.3 Å². The number of nitrogens with two attached hydrogens (primary N) is 1. The second-order valence-electron chi connectivity index (χ2n) is 23.4. The van der Waals surface area contributed by atoms with Gasteiger partial charge in [0.25, 0.3) is 11.8 Å². The van der Waals surface area contributed by atoms with Gasteiger partial charge in [0.05, 0.1) is 49.1 Å². The van der Waals surface area contributed by atoms with Gasteiger partial charge in [-0.1, -0.05) is 63.1 Å². The third-order valence-corrected chi connectivity index (χ3v) is 15.6. The average molecular weight is 1190 g/mol. The molecule has 4 fully saturated rings. The highest BCUT2D eigenvalue weighted by Crippen LogP contribution is 2.43. The molecule has 9 N–H and O–H groups in total. The average Bonchev–Trinajstić information content (AvgIpc) is 2.53. The van der Waals surface area contributed by atoms with Crippen molar-refractivity contribution in [3.05, 3.63) is 77.9 Å². The number of hydrogen-bond acceptors (Lipinski definition) is 15. The van der Waals surface area contributed by atoms with Gasteiger partial charge >= 0.3 is 18.1 Å². The summed E-state index contributed by atoms with van der Waals surface area (Å²) < 4.78 is 29.2. The van der Waals surface area contributed by atoms with Crippen LogP contribution in [0.25, 0.3) is 0 Å². The van der Waals surface area contributed by atoms with E-state index in [9.17, 15) is 47.9 Å². The lowest BCUT2D eigenvalue weighted by Gasteiger charge is -2.39. The number of carbonyl (C=O) groups excluding carboxylic acids is 10. The number of hydrogen-bond donors (Lipinski definition) is 8. The first-order valence-electron chi connectivity index (χ1n) is 29.7. The fraction of sp³-hybridized carbons (Fsp3) is 0.607. The van der Waals surface area contributed by atoms with Gasteiger partial charge in [-0.15, -0.1) is 0 Å². The van der Waals surface area contributed by atoms with E-state index in [0.29, 0.717) is 75.6 Å². The number of ether oxygens (including phenoxy) is 5. The standard InChI is InChI=1S/C61H87N9O15/c1-36(2)56(69-51(72)13-9-8-10-27-70-54(75)24-25-55(70)76)58(78)68-48(12-11-26-63-59(62)79)57(77)65-43-19-17-42(18-20-43)34-81-60(80)66-45-29-44(30-45)64-53(74)31-47-33-61(35-82-61)32-46(85-47)21-14-37(3)15-22-50-38(4)28-49(40(6)84-50)67-52(73)23-16-39(5)83-41(7)71/h14-21,23-25,36,38-40,44-50,56H,8-13,22,26-35H2,1-7H3,(H,64,74)(H,65,77)(H,66,80)(H,67,73)(H,68,78)(H,69,72)(H3,62,63,79)/b21-14+,23-16-,37-15+/t38-,39-,40+,44?,45?,46+,47+,48-,49+,50-,56-,61+/m0/s1. The first-order chi connectivity index (χ1) is 40.4. The lowest BCUT2D eigenvalue weighted by Crippen LogP contribution is -2.54. The van der Waals surface area contributed by atoms with E-state index in [0.717, 1.165) is 16.9 Å². The van der Waals surface area contributed by atoms with Crippen LogP contribution >= 0.6 is 0 Å². The molecule has 4 aliphatic heterocycles. The highest BCUT2D eigenvalue weighted by atomic mass is 16.6. The molecule has 24 heteroatoms. The summed E-state index contributed by atoms with van der Waals surface area (Å²) in [5, 5.41) is 19.7. The minimum absolute atomic E-state index is 0.0220. The number of primary amides is 1. The zero-order valence-corrected chi connectivity index (χ0v) is 49.9. The van der Waals surface area contributed by atoms with Crippen LogP contribution in [-0.4, -0.2) is 150 Å². The van der Waals surface area contributed by atoms with Crippen molar-refractivity contribution >= 4 is 65.1 Å². The Morgan fingerprint density at radius 2 is 1.53 bits per heavy atom. The van der Waals surface area contributed by atoms with Gasteiger partial charge in [-0.25, -0.2) is 9.59 Å². The van der Waals surface area contributed by atoms with Gasteiger partial charge in [0.2, 0.25) is 29.5 Å². The molecule has 0 radical (unpaired) electrons. The van der Waals surface area contributed by atoms with E-state index < -0.39 is 48.1 Å². The maximum Gasteiger partial charge on any atom is 0.407 e. The number of alkyl carbamates (subject to hydrolysis) is 1. The molecule has 0 unspecified atom stereocenters. The molecule has 0 bridgehead atoms. The molecule has 0 aromatic heterocycles. The molecule has 1 saturated carbocycles. The van der Waals surface area contributed by atoms with Gasteiger partial charge in [-0.3, -0.25) is 43.3 Å². The van der Waals surface area contributed by atoms with Gasteiger partial charge in [0.1, 0.15) is 24.8 Å². The molecular weight excluding hydrogens is 1100 g/mol. The van der Waals surface area contributed by atoms with Gasteiger partial charge in [0, 0.05) is 75.3 Å². The van der Waals surface area contributed by atoms with Crippen molar-refractivity contribution in [2.75, 3.05) is 25.0 Å². The highest BCUT2D eigenvalue weighted by molar-refractivity contribution is 6.12. The molecule has 3 saturated heterocycles. The quantitative estimate of drug-likeness (QED) is 0.0132. The summed E-state index contributed by atoms with van der Waals surface area (Å²) in [6, 6.07) is 3.39. The lowest BCUT2D eigenvalue weighted by atomic mass is 9.86. The predicted octanol–water partition coefficient (Wildman–Crippen LogP) is 4.46. The molecule has 6 rings (SSSR count). The number of anilines is 1. The third kappa shape index (κ3) is 22.5. The second kappa shape index (κ2) is 32.2. The number of unbranched alkanes of at least 4 members (excludes halogenated alkanes) is 2. The first-order valence-corrected chi connectivity index (χ1v) is 29.7. The van der Waals surface area contributed by atoms with Crippen LogP contribution in [0, 0.1) is 11.8 Å². The molecule has 466 valence electrons. The molecule has 85 heavy (non-hydrogen) atoms. The summed E-state index contributed by atoms with van der Waals surface area (Å²) in [7, 11) is 0. The Balaban J connectivity index is 0.869. The number of nitrogens with zero attached hydrogens (tertiary/aromatic N) is 1. The summed E-state index contributed by atoms with van der Waals surface area (Å²) in [4.78, 5) is 126. The van der Waals surface area contributed by atoms with Gasteiger partial charge in [0.15, 0.2) is 0 Å². The van der Waals surface area contributed by atoms with Crippen molar-refractivity contribution < 1.29 is 71.6 Å². The number of imide groups is 1. The van der Waals surface area contributed by atoms with Crippen LogP contribution in [0.15, 0.2) is 72.4 Å². The van der Waals surface area contributed by atoms with Crippen molar-refractivity contribution in [1.82, 2.24) is 36.8 Å². The number of benzene rings is 1. The fourth-order valence-electron chi connectivity index (χ4n) is 10.7.